The molecule has 0 radical (unpaired) electrons. The highest BCUT2D eigenvalue weighted by atomic mass is 16.7. The molecular formula is C22H18N2O4. The van der Waals surface area contributed by atoms with E-state index in [1.54, 1.807) is 42.5 Å². The molecule has 3 aromatic carbocycles. The largest absolute Gasteiger partial charge is 0.454 e. The summed E-state index contributed by atoms with van der Waals surface area (Å²) in [6, 6.07) is 21.5. The van der Waals surface area contributed by atoms with Crippen LogP contribution < -0.4 is 20.1 Å². The van der Waals surface area contributed by atoms with Crippen LogP contribution in [0.2, 0.25) is 0 Å². The summed E-state index contributed by atoms with van der Waals surface area (Å²) in [5.74, 6) is 0.910. The van der Waals surface area contributed by atoms with Crippen molar-refractivity contribution in [3.05, 3.63) is 83.9 Å². The average Bonchev–Trinajstić information content (AvgIpc) is 3.17. The van der Waals surface area contributed by atoms with Gasteiger partial charge in [-0.25, -0.2) is 0 Å². The molecular weight excluding hydrogens is 356 g/mol. The average molecular weight is 374 g/mol. The maximum Gasteiger partial charge on any atom is 0.255 e. The third-order valence-electron chi connectivity index (χ3n) is 4.27. The van der Waals surface area contributed by atoms with Crippen molar-refractivity contribution in [2.45, 2.75) is 6.42 Å². The minimum atomic E-state index is -0.249. The van der Waals surface area contributed by atoms with Gasteiger partial charge in [-0.15, -0.1) is 0 Å². The van der Waals surface area contributed by atoms with Crippen molar-refractivity contribution >= 4 is 23.2 Å². The third-order valence-corrected chi connectivity index (χ3v) is 4.27. The lowest BCUT2D eigenvalue weighted by atomic mass is 10.1. The number of amides is 2. The molecule has 0 bridgehead atoms. The van der Waals surface area contributed by atoms with Crippen LogP contribution in [0.3, 0.4) is 0 Å². The van der Waals surface area contributed by atoms with Gasteiger partial charge in [-0.3, -0.25) is 9.59 Å². The molecule has 0 aliphatic carbocycles. The van der Waals surface area contributed by atoms with E-state index in [1.807, 2.05) is 30.3 Å². The molecule has 6 heteroatoms. The second-order valence-electron chi connectivity index (χ2n) is 6.31. The molecule has 140 valence electrons. The minimum Gasteiger partial charge on any atom is -0.454 e. The Labute approximate surface area is 162 Å². The van der Waals surface area contributed by atoms with Crippen LogP contribution in [-0.2, 0) is 11.2 Å². The fraction of sp³-hybridized carbons (Fsp3) is 0.0909. The van der Waals surface area contributed by atoms with Crippen LogP contribution in [0, 0.1) is 0 Å². The van der Waals surface area contributed by atoms with Gasteiger partial charge < -0.3 is 20.1 Å². The Morgan fingerprint density at radius 1 is 0.786 bits per heavy atom. The van der Waals surface area contributed by atoms with Crippen molar-refractivity contribution in [2.75, 3.05) is 17.4 Å². The smallest absolute Gasteiger partial charge is 0.255 e. The summed E-state index contributed by atoms with van der Waals surface area (Å²) >= 11 is 0. The van der Waals surface area contributed by atoms with E-state index in [1.165, 1.54) is 0 Å². The topological polar surface area (TPSA) is 76.7 Å². The summed E-state index contributed by atoms with van der Waals surface area (Å²) in [6.45, 7) is 0.185. The molecule has 0 fully saturated rings. The summed E-state index contributed by atoms with van der Waals surface area (Å²) in [5, 5.41) is 5.65. The molecule has 0 atom stereocenters. The summed E-state index contributed by atoms with van der Waals surface area (Å²) in [4.78, 5) is 24.5. The first-order chi connectivity index (χ1) is 13.7. The Bertz CT molecular complexity index is 1000. The number of anilines is 2. The van der Waals surface area contributed by atoms with E-state index in [-0.39, 0.29) is 18.6 Å². The Balaban J connectivity index is 1.36. The fourth-order valence-corrected chi connectivity index (χ4v) is 2.87. The van der Waals surface area contributed by atoms with Gasteiger partial charge in [0, 0.05) is 23.0 Å². The van der Waals surface area contributed by atoms with Gasteiger partial charge in [0.2, 0.25) is 12.7 Å². The number of hydrogen-bond acceptors (Lipinski definition) is 4. The highest BCUT2D eigenvalue weighted by Gasteiger charge is 2.14. The third kappa shape index (κ3) is 4.12. The standard InChI is InChI=1S/C22H18N2O4/c25-21(12-15-4-2-1-3-5-15)23-17-8-6-16(7-9-17)22(26)24-18-10-11-19-20(13-18)28-14-27-19/h1-11,13H,12,14H2,(H,23,25)(H,24,26). The van der Waals surface area contributed by atoms with Crippen LogP contribution in [0.25, 0.3) is 0 Å². The van der Waals surface area contributed by atoms with Crippen LogP contribution in [0.4, 0.5) is 11.4 Å². The summed E-state index contributed by atoms with van der Waals surface area (Å²) in [7, 11) is 0. The number of fused-ring (bicyclic) bond motifs is 1. The second kappa shape index (κ2) is 7.84. The molecule has 28 heavy (non-hydrogen) atoms. The predicted octanol–water partition coefficient (Wildman–Crippen LogP) is 3.85. The predicted molar refractivity (Wildman–Crippen MR) is 106 cm³/mol. The molecule has 0 unspecified atom stereocenters. The van der Waals surface area contributed by atoms with Gasteiger partial charge in [-0.1, -0.05) is 30.3 Å². The first-order valence-electron chi connectivity index (χ1n) is 8.82. The zero-order valence-electron chi connectivity index (χ0n) is 15.0. The van der Waals surface area contributed by atoms with Crippen molar-refractivity contribution in [3.63, 3.8) is 0 Å². The van der Waals surface area contributed by atoms with Crippen molar-refractivity contribution in [2.24, 2.45) is 0 Å². The van der Waals surface area contributed by atoms with Crippen molar-refractivity contribution < 1.29 is 19.1 Å². The van der Waals surface area contributed by atoms with Crippen molar-refractivity contribution in [3.8, 4) is 11.5 Å². The molecule has 0 saturated heterocycles. The maximum absolute atomic E-state index is 12.4. The van der Waals surface area contributed by atoms with Gasteiger partial charge in [-0.05, 0) is 42.0 Å². The molecule has 2 amide bonds. The van der Waals surface area contributed by atoms with Crippen LogP contribution in [-0.4, -0.2) is 18.6 Å². The van der Waals surface area contributed by atoms with Gasteiger partial charge in [0.25, 0.3) is 5.91 Å². The Hall–Kier alpha value is -3.80. The SMILES string of the molecule is O=C(Cc1ccccc1)Nc1ccc(C(=O)Nc2ccc3c(c2)OCO3)cc1. The van der Waals surface area contributed by atoms with E-state index >= 15 is 0 Å². The first-order valence-corrected chi connectivity index (χ1v) is 8.82. The number of rotatable bonds is 5. The Morgan fingerprint density at radius 2 is 1.50 bits per heavy atom. The van der Waals surface area contributed by atoms with Crippen molar-refractivity contribution in [1.82, 2.24) is 0 Å². The van der Waals surface area contributed by atoms with Gasteiger partial charge in [0.05, 0.1) is 6.42 Å². The molecule has 0 spiro atoms. The summed E-state index contributed by atoms with van der Waals surface area (Å²) in [6.07, 6.45) is 0.299. The number of benzene rings is 3. The first kappa shape index (κ1) is 17.6. The number of nitrogens with one attached hydrogen (secondary N) is 2. The van der Waals surface area contributed by atoms with Crippen molar-refractivity contribution in [1.29, 1.82) is 0 Å². The molecule has 6 nitrogen and oxygen atoms in total. The van der Waals surface area contributed by atoms with E-state index < -0.39 is 0 Å². The molecule has 3 aromatic rings. The number of carbonyl (C=O) groups is 2. The number of carbonyl (C=O) groups excluding carboxylic acids is 2. The quantitative estimate of drug-likeness (QED) is 0.711. The summed E-state index contributed by atoms with van der Waals surface area (Å²) in [5.41, 5.74) is 2.69. The van der Waals surface area contributed by atoms with Crippen LogP contribution >= 0.6 is 0 Å². The lowest BCUT2D eigenvalue weighted by Gasteiger charge is -2.08. The highest BCUT2D eigenvalue weighted by molar-refractivity contribution is 6.04. The van der Waals surface area contributed by atoms with Crippen LogP contribution in [0.15, 0.2) is 72.8 Å². The number of hydrogen-bond donors (Lipinski definition) is 2. The lowest BCUT2D eigenvalue weighted by Crippen LogP contribution is -2.15. The Morgan fingerprint density at radius 3 is 2.29 bits per heavy atom. The molecule has 4 rings (SSSR count). The molecule has 2 N–H and O–H groups in total. The van der Waals surface area contributed by atoms with E-state index in [9.17, 15) is 9.59 Å². The van der Waals surface area contributed by atoms with Crippen LogP contribution in [0.5, 0.6) is 11.5 Å². The van der Waals surface area contributed by atoms with E-state index in [4.69, 9.17) is 9.47 Å². The van der Waals surface area contributed by atoms with Gasteiger partial charge in [0.1, 0.15) is 0 Å². The molecule has 1 aliphatic heterocycles. The Kier molecular flexibility index (Phi) is 4.93. The second-order valence-corrected chi connectivity index (χ2v) is 6.31. The lowest BCUT2D eigenvalue weighted by molar-refractivity contribution is -0.115. The highest BCUT2D eigenvalue weighted by Crippen LogP contribution is 2.34. The van der Waals surface area contributed by atoms with Gasteiger partial charge in [0.15, 0.2) is 11.5 Å². The van der Waals surface area contributed by atoms with E-state index in [2.05, 4.69) is 10.6 Å². The maximum atomic E-state index is 12.4. The van der Waals surface area contributed by atoms with E-state index in [0.29, 0.717) is 34.9 Å². The number of ether oxygens (including phenoxy) is 2. The monoisotopic (exact) mass is 374 g/mol. The summed E-state index contributed by atoms with van der Waals surface area (Å²) < 4.78 is 10.6. The molecule has 0 aromatic heterocycles. The molecule has 0 saturated carbocycles. The fourth-order valence-electron chi connectivity index (χ4n) is 2.87. The van der Waals surface area contributed by atoms with Gasteiger partial charge in [-0.2, -0.15) is 0 Å². The van der Waals surface area contributed by atoms with E-state index in [0.717, 1.165) is 5.56 Å². The van der Waals surface area contributed by atoms with Crippen LogP contribution in [0.1, 0.15) is 15.9 Å². The molecule has 1 heterocycles. The minimum absolute atomic E-state index is 0.108. The normalized spacial score (nSPS) is 11.7. The van der Waals surface area contributed by atoms with Gasteiger partial charge >= 0.3 is 0 Å². The zero-order chi connectivity index (χ0) is 19.3. The molecule has 1 aliphatic rings. The zero-order valence-corrected chi connectivity index (χ0v) is 15.0.